The summed E-state index contributed by atoms with van der Waals surface area (Å²) >= 11 is 0. The molecule has 0 aliphatic heterocycles. The van der Waals surface area contributed by atoms with Crippen molar-refractivity contribution in [1.29, 1.82) is 0 Å². The van der Waals surface area contributed by atoms with Gasteiger partial charge >= 0.3 is 0 Å². The molecule has 26 heavy (non-hydrogen) atoms. The molecule has 134 valence electrons. The molecule has 0 aliphatic carbocycles. The quantitative estimate of drug-likeness (QED) is 0.671. The molecule has 0 saturated carbocycles. The Hall–Kier alpha value is -3.07. The maximum Gasteiger partial charge on any atom is 0.239 e. The number of hydrogen-bond donors (Lipinski definition) is 1. The fraction of sp³-hybridized carbons (Fsp3) is 0.176. The van der Waals surface area contributed by atoms with E-state index in [0.29, 0.717) is 17.1 Å². The van der Waals surface area contributed by atoms with Crippen LogP contribution >= 0.6 is 0 Å². The van der Waals surface area contributed by atoms with Gasteiger partial charge in [-0.2, -0.15) is 4.98 Å². The van der Waals surface area contributed by atoms with Crippen LogP contribution in [0.3, 0.4) is 0 Å². The van der Waals surface area contributed by atoms with Crippen LogP contribution in [0.25, 0.3) is 11.5 Å². The third kappa shape index (κ3) is 4.96. The molecule has 0 saturated heterocycles. The van der Waals surface area contributed by atoms with Crippen LogP contribution < -0.4 is 4.72 Å². The second-order valence-corrected chi connectivity index (χ2v) is 7.22. The van der Waals surface area contributed by atoms with Crippen LogP contribution in [-0.2, 0) is 27.0 Å². The summed E-state index contributed by atoms with van der Waals surface area (Å²) in [7, 11) is -3.75. The molecule has 0 atom stereocenters. The molecule has 3 aromatic rings. The number of nitrogens with one attached hydrogen (secondary N) is 1. The van der Waals surface area contributed by atoms with E-state index in [1.165, 1.54) is 0 Å². The first-order valence-electron chi connectivity index (χ1n) is 7.83. The van der Waals surface area contributed by atoms with Gasteiger partial charge in [0, 0.05) is 19.0 Å². The lowest BCUT2D eigenvalue weighted by atomic mass is 10.2. The minimum Gasteiger partial charge on any atom is -0.339 e. The van der Waals surface area contributed by atoms with Crippen molar-refractivity contribution in [2.45, 2.75) is 18.6 Å². The van der Waals surface area contributed by atoms with E-state index in [1.54, 1.807) is 54.7 Å². The molecular weight excluding hydrogens is 356 g/mol. The zero-order chi connectivity index (χ0) is 18.4. The number of amides is 1. The summed E-state index contributed by atoms with van der Waals surface area (Å²) in [4.78, 5) is 20.2. The number of carbonyl (C=O) groups excluding carboxylic acids is 1. The molecule has 0 spiro atoms. The van der Waals surface area contributed by atoms with Crippen LogP contribution in [0.5, 0.6) is 0 Å². The second kappa shape index (κ2) is 7.87. The molecule has 3 rings (SSSR count). The van der Waals surface area contributed by atoms with Gasteiger partial charge in [0.05, 0.1) is 5.75 Å². The normalized spacial score (nSPS) is 11.2. The van der Waals surface area contributed by atoms with Crippen molar-refractivity contribution >= 4 is 15.9 Å². The lowest BCUT2D eigenvalue weighted by Crippen LogP contribution is -2.31. The number of aryl methyl sites for hydroxylation is 1. The summed E-state index contributed by atoms with van der Waals surface area (Å²) in [6.45, 7) is 0. The van der Waals surface area contributed by atoms with Crippen molar-refractivity contribution < 1.29 is 17.7 Å². The van der Waals surface area contributed by atoms with E-state index in [2.05, 4.69) is 15.1 Å². The third-order valence-corrected chi connectivity index (χ3v) is 4.65. The summed E-state index contributed by atoms with van der Waals surface area (Å²) in [6, 6.07) is 13.9. The standard InChI is InChI=1S/C17H16N4O4S/c22-15(21-26(23,24)12-13-6-2-1-3-7-13)9-10-16-19-17(20-25-16)14-8-4-5-11-18-14/h1-8,11H,9-10,12H2,(H,21,22). The molecule has 2 heterocycles. The summed E-state index contributed by atoms with van der Waals surface area (Å²) in [5, 5.41) is 3.80. The van der Waals surface area contributed by atoms with Gasteiger partial charge in [-0.3, -0.25) is 14.5 Å². The number of hydrogen-bond acceptors (Lipinski definition) is 7. The summed E-state index contributed by atoms with van der Waals surface area (Å²) in [6.07, 6.45) is 1.65. The first-order chi connectivity index (χ1) is 12.5. The van der Waals surface area contributed by atoms with Crippen molar-refractivity contribution in [1.82, 2.24) is 19.8 Å². The van der Waals surface area contributed by atoms with Crippen LogP contribution in [0, 0.1) is 0 Å². The molecular formula is C17H16N4O4S. The lowest BCUT2D eigenvalue weighted by molar-refractivity contribution is -0.119. The zero-order valence-electron chi connectivity index (χ0n) is 13.7. The van der Waals surface area contributed by atoms with Crippen molar-refractivity contribution in [3.05, 3.63) is 66.2 Å². The largest absolute Gasteiger partial charge is 0.339 e. The Kier molecular flexibility index (Phi) is 5.37. The molecule has 0 fully saturated rings. The maximum atomic E-state index is 12.0. The lowest BCUT2D eigenvalue weighted by Gasteiger charge is -2.06. The molecule has 8 nitrogen and oxygen atoms in total. The van der Waals surface area contributed by atoms with Crippen LogP contribution in [0.4, 0.5) is 0 Å². The predicted octanol–water partition coefficient (Wildman–Crippen LogP) is 1.71. The number of rotatable bonds is 7. The van der Waals surface area contributed by atoms with Gasteiger partial charge in [-0.15, -0.1) is 0 Å². The van der Waals surface area contributed by atoms with E-state index >= 15 is 0 Å². The average Bonchev–Trinajstić information content (AvgIpc) is 3.10. The third-order valence-electron chi connectivity index (χ3n) is 3.40. The Balaban J connectivity index is 1.53. The van der Waals surface area contributed by atoms with E-state index in [0.717, 1.165) is 0 Å². The second-order valence-electron chi connectivity index (χ2n) is 5.50. The average molecular weight is 372 g/mol. The molecule has 1 aromatic carbocycles. The van der Waals surface area contributed by atoms with E-state index in [4.69, 9.17) is 4.52 Å². The van der Waals surface area contributed by atoms with Gasteiger partial charge in [-0.1, -0.05) is 41.6 Å². The SMILES string of the molecule is O=C(CCc1nc(-c2ccccn2)no1)NS(=O)(=O)Cc1ccccc1. The Morgan fingerprint density at radius 3 is 2.58 bits per heavy atom. The van der Waals surface area contributed by atoms with Crippen LogP contribution in [0.15, 0.2) is 59.3 Å². The topological polar surface area (TPSA) is 115 Å². The summed E-state index contributed by atoms with van der Waals surface area (Å²) in [5.41, 5.74) is 1.15. The molecule has 9 heteroatoms. The van der Waals surface area contributed by atoms with Gasteiger partial charge in [0.2, 0.25) is 27.6 Å². The van der Waals surface area contributed by atoms with Gasteiger partial charge < -0.3 is 4.52 Å². The summed E-state index contributed by atoms with van der Waals surface area (Å²) < 4.78 is 31.1. The Morgan fingerprint density at radius 2 is 1.85 bits per heavy atom. The molecule has 1 N–H and O–H groups in total. The van der Waals surface area contributed by atoms with Gasteiger partial charge in [0.15, 0.2) is 0 Å². The highest BCUT2D eigenvalue weighted by Crippen LogP contribution is 2.12. The Bertz CT molecular complexity index is 972. The van der Waals surface area contributed by atoms with Crippen molar-refractivity contribution in [3.63, 3.8) is 0 Å². The van der Waals surface area contributed by atoms with Gasteiger partial charge in [0.25, 0.3) is 0 Å². The number of pyridine rings is 1. The van der Waals surface area contributed by atoms with Crippen molar-refractivity contribution in [2.24, 2.45) is 0 Å². The van der Waals surface area contributed by atoms with E-state index < -0.39 is 15.9 Å². The fourth-order valence-corrected chi connectivity index (χ4v) is 3.38. The molecule has 2 aromatic heterocycles. The molecule has 1 amide bonds. The highest BCUT2D eigenvalue weighted by Gasteiger charge is 2.17. The van der Waals surface area contributed by atoms with Crippen molar-refractivity contribution in [3.8, 4) is 11.5 Å². The van der Waals surface area contributed by atoms with E-state index in [9.17, 15) is 13.2 Å². The Morgan fingerprint density at radius 1 is 1.08 bits per heavy atom. The van der Waals surface area contributed by atoms with Crippen LogP contribution in [0.1, 0.15) is 17.9 Å². The first-order valence-corrected chi connectivity index (χ1v) is 9.48. The van der Waals surface area contributed by atoms with Crippen LogP contribution in [-0.4, -0.2) is 29.4 Å². The highest BCUT2D eigenvalue weighted by atomic mass is 32.2. The minimum atomic E-state index is -3.75. The smallest absolute Gasteiger partial charge is 0.239 e. The minimum absolute atomic E-state index is 0.0854. The van der Waals surface area contributed by atoms with Crippen LogP contribution in [0.2, 0.25) is 0 Å². The predicted molar refractivity (Wildman–Crippen MR) is 93.1 cm³/mol. The number of nitrogens with zero attached hydrogens (tertiary/aromatic N) is 3. The monoisotopic (exact) mass is 372 g/mol. The maximum absolute atomic E-state index is 12.0. The van der Waals surface area contributed by atoms with Crippen molar-refractivity contribution in [2.75, 3.05) is 0 Å². The van der Waals surface area contributed by atoms with Gasteiger partial charge in [-0.25, -0.2) is 8.42 Å². The molecule has 0 unspecified atom stereocenters. The number of sulfonamides is 1. The summed E-state index contributed by atoms with van der Waals surface area (Å²) in [5.74, 6) is -0.332. The molecule has 0 aliphatic rings. The van der Waals surface area contributed by atoms with E-state index in [1.807, 2.05) is 4.72 Å². The van der Waals surface area contributed by atoms with Gasteiger partial charge in [0.1, 0.15) is 5.69 Å². The number of carbonyl (C=O) groups is 1. The zero-order valence-corrected chi connectivity index (χ0v) is 14.5. The van der Waals surface area contributed by atoms with E-state index in [-0.39, 0.29) is 24.5 Å². The molecule has 0 radical (unpaired) electrons. The fourth-order valence-electron chi connectivity index (χ4n) is 2.23. The molecule has 0 bridgehead atoms. The number of aromatic nitrogens is 3. The first kappa shape index (κ1) is 17.7. The Labute approximate surface area is 150 Å². The highest BCUT2D eigenvalue weighted by molar-refractivity contribution is 7.89. The van der Waals surface area contributed by atoms with Gasteiger partial charge in [-0.05, 0) is 17.7 Å². The number of benzene rings is 1.